The molecule has 0 N–H and O–H groups in total. The number of hydrogen-bond donors (Lipinski definition) is 0. The summed E-state index contributed by atoms with van der Waals surface area (Å²) in [5, 5.41) is -0.133. The van der Waals surface area contributed by atoms with Crippen LogP contribution in [-0.2, 0) is 14.3 Å². The minimum absolute atomic E-state index is 0.129. The molecular formula is C9H16O3S. The minimum atomic E-state index is -0.441. The van der Waals surface area contributed by atoms with E-state index in [1.807, 2.05) is 20.8 Å². The molecule has 0 aromatic heterocycles. The molecule has 0 bridgehead atoms. The zero-order valence-electron chi connectivity index (χ0n) is 8.55. The van der Waals surface area contributed by atoms with Crippen molar-refractivity contribution in [3.8, 4) is 0 Å². The summed E-state index contributed by atoms with van der Waals surface area (Å²) >= 11 is 1.17. The third kappa shape index (κ3) is 7.84. The molecule has 0 aliphatic carbocycles. The van der Waals surface area contributed by atoms with Crippen LogP contribution in [0.15, 0.2) is 0 Å². The van der Waals surface area contributed by atoms with Crippen molar-refractivity contribution >= 4 is 22.8 Å². The van der Waals surface area contributed by atoms with Crippen LogP contribution in [-0.4, -0.2) is 22.4 Å². The van der Waals surface area contributed by atoms with Gasteiger partial charge in [-0.15, -0.1) is 0 Å². The van der Waals surface area contributed by atoms with Crippen LogP contribution in [0.4, 0.5) is 0 Å². The number of carbonyl (C=O) groups is 2. The molecule has 0 rings (SSSR count). The fraction of sp³-hybridized carbons (Fsp3) is 0.778. The van der Waals surface area contributed by atoms with Crippen molar-refractivity contribution < 1.29 is 14.3 Å². The molecule has 0 saturated carbocycles. The van der Waals surface area contributed by atoms with Crippen molar-refractivity contribution in [2.24, 2.45) is 0 Å². The third-order valence-electron chi connectivity index (χ3n) is 1.01. The van der Waals surface area contributed by atoms with Gasteiger partial charge in [-0.1, -0.05) is 32.5 Å². The first-order chi connectivity index (χ1) is 5.85. The summed E-state index contributed by atoms with van der Waals surface area (Å²) in [6.45, 7) is 7.84. The van der Waals surface area contributed by atoms with Gasteiger partial charge < -0.3 is 4.74 Å². The zero-order valence-corrected chi connectivity index (χ0v) is 9.36. The summed E-state index contributed by atoms with van der Waals surface area (Å²) in [4.78, 5) is 22.1. The van der Waals surface area contributed by atoms with Crippen molar-refractivity contribution in [2.45, 2.75) is 38.9 Å². The fourth-order valence-corrected chi connectivity index (χ4v) is 1.58. The Morgan fingerprint density at radius 1 is 1.31 bits per heavy atom. The SMILES string of the molecule is CCOC(=O)CC(=O)SC(C)(C)C. The smallest absolute Gasteiger partial charge is 0.314 e. The molecule has 76 valence electrons. The summed E-state index contributed by atoms with van der Waals surface area (Å²) in [7, 11) is 0. The second-order valence-electron chi connectivity index (χ2n) is 3.57. The number of ether oxygens (including phenoxy) is 1. The van der Waals surface area contributed by atoms with Crippen LogP contribution >= 0.6 is 11.8 Å². The first-order valence-corrected chi connectivity index (χ1v) is 5.04. The van der Waals surface area contributed by atoms with E-state index < -0.39 is 5.97 Å². The predicted molar refractivity (Wildman–Crippen MR) is 53.6 cm³/mol. The van der Waals surface area contributed by atoms with Gasteiger partial charge in [0.1, 0.15) is 6.42 Å². The molecule has 0 spiro atoms. The minimum Gasteiger partial charge on any atom is -0.466 e. The van der Waals surface area contributed by atoms with E-state index in [4.69, 9.17) is 0 Å². The summed E-state index contributed by atoms with van der Waals surface area (Å²) in [5.74, 6) is -0.441. The highest BCUT2D eigenvalue weighted by Crippen LogP contribution is 2.24. The number of carbonyl (C=O) groups excluding carboxylic acids is 2. The normalized spacial score (nSPS) is 11.1. The lowest BCUT2D eigenvalue weighted by Gasteiger charge is -2.15. The number of esters is 1. The van der Waals surface area contributed by atoms with Gasteiger partial charge in [-0.2, -0.15) is 0 Å². The van der Waals surface area contributed by atoms with Crippen molar-refractivity contribution in [2.75, 3.05) is 6.61 Å². The Labute approximate surface area is 83.2 Å². The van der Waals surface area contributed by atoms with Crippen LogP contribution in [0.2, 0.25) is 0 Å². The molecule has 0 fully saturated rings. The Kier molecular flexibility index (Phi) is 5.06. The lowest BCUT2D eigenvalue weighted by molar-refractivity contribution is -0.144. The Morgan fingerprint density at radius 2 is 1.85 bits per heavy atom. The second kappa shape index (κ2) is 5.27. The summed E-state index contributed by atoms with van der Waals surface area (Å²) in [6.07, 6.45) is -0.129. The lowest BCUT2D eigenvalue weighted by Crippen LogP contribution is -2.15. The molecule has 0 saturated heterocycles. The van der Waals surface area contributed by atoms with Gasteiger partial charge in [0.2, 0.25) is 5.12 Å². The Bertz CT molecular complexity index is 194. The lowest BCUT2D eigenvalue weighted by atomic mass is 10.3. The van der Waals surface area contributed by atoms with Crippen molar-refractivity contribution in [3.63, 3.8) is 0 Å². The molecule has 4 heteroatoms. The molecule has 0 unspecified atom stereocenters. The summed E-state index contributed by atoms with van der Waals surface area (Å²) in [6, 6.07) is 0. The molecule has 0 aromatic rings. The molecule has 0 atom stereocenters. The average molecular weight is 204 g/mol. The molecule has 0 radical (unpaired) electrons. The standard InChI is InChI=1S/C9H16O3S/c1-5-12-7(10)6-8(11)13-9(2,3)4/h5-6H2,1-4H3. The monoisotopic (exact) mass is 204 g/mol. The Balaban J connectivity index is 3.82. The fourth-order valence-electron chi connectivity index (χ4n) is 0.707. The van der Waals surface area contributed by atoms with E-state index in [9.17, 15) is 9.59 Å². The summed E-state index contributed by atoms with van der Waals surface area (Å²) in [5.41, 5.74) is 0. The van der Waals surface area contributed by atoms with Gasteiger partial charge in [-0.05, 0) is 6.92 Å². The molecule has 3 nitrogen and oxygen atoms in total. The molecule has 0 amide bonds. The van der Waals surface area contributed by atoms with Gasteiger partial charge in [0.05, 0.1) is 6.61 Å². The molecular weight excluding hydrogens is 188 g/mol. The van der Waals surface area contributed by atoms with E-state index in [1.54, 1.807) is 6.92 Å². The molecule has 0 aliphatic rings. The number of hydrogen-bond acceptors (Lipinski definition) is 4. The topological polar surface area (TPSA) is 43.4 Å². The molecule has 13 heavy (non-hydrogen) atoms. The second-order valence-corrected chi connectivity index (χ2v) is 5.45. The van der Waals surface area contributed by atoms with E-state index in [0.29, 0.717) is 6.61 Å². The van der Waals surface area contributed by atoms with E-state index >= 15 is 0 Å². The first kappa shape index (κ1) is 12.5. The van der Waals surface area contributed by atoms with Crippen molar-refractivity contribution in [3.05, 3.63) is 0 Å². The van der Waals surface area contributed by atoms with Gasteiger partial charge in [-0.25, -0.2) is 0 Å². The van der Waals surface area contributed by atoms with Crippen LogP contribution in [0.25, 0.3) is 0 Å². The van der Waals surface area contributed by atoms with Crippen LogP contribution in [0.5, 0.6) is 0 Å². The third-order valence-corrected chi connectivity index (χ3v) is 2.00. The Hall–Kier alpha value is -0.510. The highest BCUT2D eigenvalue weighted by Gasteiger charge is 2.19. The van der Waals surface area contributed by atoms with E-state index in [1.165, 1.54) is 11.8 Å². The van der Waals surface area contributed by atoms with Gasteiger partial charge in [-0.3, -0.25) is 9.59 Å². The zero-order chi connectivity index (χ0) is 10.5. The average Bonchev–Trinajstić information content (AvgIpc) is 1.81. The summed E-state index contributed by atoms with van der Waals surface area (Å²) < 4.78 is 4.52. The number of thioether (sulfide) groups is 1. The predicted octanol–water partition coefficient (Wildman–Crippen LogP) is 2.00. The number of rotatable bonds is 3. The van der Waals surface area contributed by atoms with Crippen LogP contribution in [0.1, 0.15) is 34.1 Å². The van der Waals surface area contributed by atoms with Crippen LogP contribution in [0.3, 0.4) is 0 Å². The van der Waals surface area contributed by atoms with Gasteiger partial charge in [0.25, 0.3) is 0 Å². The van der Waals surface area contributed by atoms with Crippen LogP contribution in [0, 0.1) is 0 Å². The molecule has 0 aliphatic heterocycles. The first-order valence-electron chi connectivity index (χ1n) is 4.22. The highest BCUT2D eigenvalue weighted by atomic mass is 32.2. The van der Waals surface area contributed by atoms with E-state index in [2.05, 4.69) is 4.74 Å². The van der Waals surface area contributed by atoms with Crippen LogP contribution < -0.4 is 0 Å². The highest BCUT2D eigenvalue weighted by molar-refractivity contribution is 8.14. The van der Waals surface area contributed by atoms with E-state index in [-0.39, 0.29) is 16.3 Å². The Morgan fingerprint density at radius 3 is 2.23 bits per heavy atom. The quantitative estimate of drug-likeness (QED) is 0.521. The maximum Gasteiger partial charge on any atom is 0.314 e. The van der Waals surface area contributed by atoms with Gasteiger partial charge >= 0.3 is 5.97 Å². The molecule has 0 heterocycles. The maximum atomic E-state index is 11.2. The van der Waals surface area contributed by atoms with E-state index in [0.717, 1.165) is 0 Å². The maximum absolute atomic E-state index is 11.2. The van der Waals surface area contributed by atoms with Gasteiger partial charge in [0.15, 0.2) is 0 Å². The van der Waals surface area contributed by atoms with Crippen molar-refractivity contribution in [1.82, 2.24) is 0 Å². The van der Waals surface area contributed by atoms with Crippen molar-refractivity contribution in [1.29, 1.82) is 0 Å². The molecule has 0 aromatic carbocycles. The van der Waals surface area contributed by atoms with Gasteiger partial charge in [0, 0.05) is 4.75 Å². The largest absolute Gasteiger partial charge is 0.466 e.